The molecule has 0 radical (unpaired) electrons. The third-order valence-electron chi connectivity index (χ3n) is 4.39. The van der Waals surface area contributed by atoms with Crippen LogP contribution >= 0.6 is 0 Å². The maximum atomic E-state index is 6.16. The van der Waals surface area contributed by atoms with Crippen molar-refractivity contribution in [2.45, 2.75) is 13.5 Å². The van der Waals surface area contributed by atoms with Gasteiger partial charge in [-0.1, -0.05) is 30.3 Å². The maximum Gasteiger partial charge on any atom is 0.163 e. The van der Waals surface area contributed by atoms with E-state index >= 15 is 0 Å². The summed E-state index contributed by atoms with van der Waals surface area (Å²) in [4.78, 5) is 9.23. The van der Waals surface area contributed by atoms with E-state index < -0.39 is 0 Å². The number of aromatic nitrogens is 2. The second kappa shape index (κ2) is 7.46. The van der Waals surface area contributed by atoms with E-state index in [1.54, 1.807) is 7.11 Å². The maximum absolute atomic E-state index is 6.16. The summed E-state index contributed by atoms with van der Waals surface area (Å²) < 4.78 is 11.4. The van der Waals surface area contributed by atoms with Crippen LogP contribution in [0, 0.1) is 6.92 Å². The van der Waals surface area contributed by atoms with Gasteiger partial charge in [-0.15, -0.1) is 0 Å². The second-order valence-corrected chi connectivity index (χ2v) is 6.39. The van der Waals surface area contributed by atoms with Gasteiger partial charge >= 0.3 is 0 Å². The summed E-state index contributed by atoms with van der Waals surface area (Å²) in [6.45, 7) is 2.51. The Morgan fingerprint density at radius 2 is 1.70 bits per heavy atom. The molecular formula is C23H20N2O2. The van der Waals surface area contributed by atoms with Gasteiger partial charge in [-0.25, -0.2) is 9.97 Å². The molecule has 0 aliphatic rings. The van der Waals surface area contributed by atoms with E-state index in [-0.39, 0.29) is 0 Å². The molecule has 0 fully saturated rings. The Kier molecular flexibility index (Phi) is 4.71. The van der Waals surface area contributed by atoms with Crippen LogP contribution in [0.15, 0.2) is 72.9 Å². The van der Waals surface area contributed by atoms with E-state index in [0.29, 0.717) is 12.3 Å². The lowest BCUT2D eigenvalue weighted by molar-refractivity contribution is 0.310. The van der Waals surface area contributed by atoms with Crippen LogP contribution in [0.25, 0.3) is 22.3 Å². The van der Waals surface area contributed by atoms with Crippen molar-refractivity contribution >= 4 is 11.0 Å². The molecule has 0 atom stereocenters. The molecule has 0 unspecified atom stereocenters. The molecule has 0 aliphatic carbocycles. The molecule has 0 saturated carbocycles. The number of benzene rings is 2. The number of nitrogens with zero attached hydrogens (tertiary/aromatic N) is 2. The molecule has 0 aliphatic heterocycles. The van der Waals surface area contributed by atoms with Gasteiger partial charge < -0.3 is 9.47 Å². The molecule has 0 spiro atoms. The van der Waals surface area contributed by atoms with Crippen molar-refractivity contribution < 1.29 is 9.47 Å². The van der Waals surface area contributed by atoms with Gasteiger partial charge in [-0.05, 0) is 48.4 Å². The molecule has 0 N–H and O–H groups in total. The fourth-order valence-corrected chi connectivity index (χ4v) is 2.95. The van der Waals surface area contributed by atoms with Crippen molar-refractivity contribution in [2.75, 3.05) is 7.11 Å². The third kappa shape index (κ3) is 3.75. The fraction of sp³-hybridized carbons (Fsp3) is 0.130. The van der Waals surface area contributed by atoms with Crippen LogP contribution in [0.5, 0.6) is 11.5 Å². The zero-order chi connectivity index (χ0) is 18.6. The molecule has 4 rings (SSSR count). The van der Waals surface area contributed by atoms with E-state index in [4.69, 9.17) is 14.5 Å². The zero-order valence-electron chi connectivity index (χ0n) is 15.3. The topological polar surface area (TPSA) is 44.2 Å². The van der Waals surface area contributed by atoms with Gasteiger partial charge in [0.15, 0.2) is 5.65 Å². The van der Waals surface area contributed by atoms with Crippen molar-refractivity contribution in [3.63, 3.8) is 0 Å². The summed E-state index contributed by atoms with van der Waals surface area (Å²) >= 11 is 0. The molecule has 27 heavy (non-hydrogen) atoms. The van der Waals surface area contributed by atoms with Crippen LogP contribution in [-0.2, 0) is 6.61 Å². The van der Waals surface area contributed by atoms with Crippen LogP contribution in [0.2, 0.25) is 0 Å². The summed E-state index contributed by atoms with van der Waals surface area (Å²) in [5.41, 5.74) is 4.69. The molecule has 0 amide bonds. The molecule has 0 saturated heterocycles. The average molecular weight is 356 g/mol. The van der Waals surface area contributed by atoms with Crippen molar-refractivity contribution in [1.82, 2.24) is 9.97 Å². The van der Waals surface area contributed by atoms with Gasteiger partial charge in [0.2, 0.25) is 0 Å². The number of aryl methyl sites for hydroxylation is 1. The third-order valence-corrected chi connectivity index (χ3v) is 4.39. The van der Waals surface area contributed by atoms with Crippen LogP contribution < -0.4 is 9.47 Å². The molecule has 2 aromatic carbocycles. The standard InChI is InChI=1S/C23H20N2O2/c1-16-12-20-22(27-15-17-6-4-3-5-7-17)13-21(25-23(20)24-14-16)18-8-10-19(26-2)11-9-18/h3-14H,15H2,1-2H3. The first-order valence-corrected chi connectivity index (χ1v) is 8.81. The number of pyridine rings is 2. The highest BCUT2D eigenvalue weighted by atomic mass is 16.5. The highest BCUT2D eigenvalue weighted by Gasteiger charge is 2.11. The van der Waals surface area contributed by atoms with E-state index in [2.05, 4.69) is 23.2 Å². The lowest BCUT2D eigenvalue weighted by atomic mass is 10.1. The van der Waals surface area contributed by atoms with E-state index in [1.807, 2.05) is 61.7 Å². The SMILES string of the molecule is COc1ccc(-c2cc(OCc3ccccc3)c3cc(C)cnc3n2)cc1. The van der Waals surface area contributed by atoms with Gasteiger partial charge in [-0.2, -0.15) is 0 Å². The molecule has 4 aromatic rings. The summed E-state index contributed by atoms with van der Waals surface area (Å²) in [6.07, 6.45) is 1.83. The fourth-order valence-electron chi connectivity index (χ4n) is 2.95. The molecule has 0 bridgehead atoms. The lowest BCUT2D eigenvalue weighted by Gasteiger charge is -2.12. The minimum absolute atomic E-state index is 0.496. The van der Waals surface area contributed by atoms with Crippen LogP contribution in [0.4, 0.5) is 0 Å². The van der Waals surface area contributed by atoms with E-state index in [9.17, 15) is 0 Å². The van der Waals surface area contributed by atoms with Crippen molar-refractivity contribution in [2.24, 2.45) is 0 Å². The van der Waals surface area contributed by atoms with Crippen LogP contribution in [0.3, 0.4) is 0 Å². The number of hydrogen-bond acceptors (Lipinski definition) is 4. The Morgan fingerprint density at radius 1 is 0.926 bits per heavy atom. The van der Waals surface area contributed by atoms with E-state index in [0.717, 1.165) is 39.3 Å². The minimum atomic E-state index is 0.496. The van der Waals surface area contributed by atoms with Gasteiger partial charge in [0.05, 0.1) is 18.2 Å². The van der Waals surface area contributed by atoms with Gasteiger partial charge in [0.25, 0.3) is 0 Å². The number of rotatable bonds is 5. The largest absolute Gasteiger partial charge is 0.497 e. The predicted octanol–water partition coefficient (Wildman–Crippen LogP) is 5.19. The lowest BCUT2D eigenvalue weighted by Crippen LogP contribution is -1.99. The van der Waals surface area contributed by atoms with Crippen molar-refractivity contribution in [3.8, 4) is 22.8 Å². The Hall–Kier alpha value is -3.40. The minimum Gasteiger partial charge on any atom is -0.497 e. The monoisotopic (exact) mass is 356 g/mol. The number of methoxy groups -OCH3 is 1. The van der Waals surface area contributed by atoms with Crippen molar-refractivity contribution in [1.29, 1.82) is 0 Å². The Balaban J connectivity index is 1.75. The summed E-state index contributed by atoms with van der Waals surface area (Å²) in [5, 5.41) is 0.920. The molecule has 2 aromatic heterocycles. The van der Waals surface area contributed by atoms with Crippen LogP contribution in [-0.4, -0.2) is 17.1 Å². The Labute approximate surface area is 158 Å². The first kappa shape index (κ1) is 17.0. The molecule has 4 heteroatoms. The predicted molar refractivity (Wildman–Crippen MR) is 107 cm³/mol. The van der Waals surface area contributed by atoms with Gasteiger partial charge in [0, 0.05) is 17.8 Å². The molecule has 2 heterocycles. The Morgan fingerprint density at radius 3 is 2.44 bits per heavy atom. The zero-order valence-corrected chi connectivity index (χ0v) is 15.3. The normalized spacial score (nSPS) is 10.7. The summed E-state index contributed by atoms with van der Waals surface area (Å²) in [5.74, 6) is 1.60. The quantitative estimate of drug-likeness (QED) is 0.493. The van der Waals surface area contributed by atoms with Gasteiger partial charge in [0.1, 0.15) is 18.1 Å². The summed E-state index contributed by atoms with van der Waals surface area (Å²) in [6, 6.07) is 22.0. The van der Waals surface area contributed by atoms with Crippen molar-refractivity contribution in [3.05, 3.63) is 84.1 Å². The number of fused-ring (bicyclic) bond motifs is 1. The number of hydrogen-bond donors (Lipinski definition) is 0. The highest BCUT2D eigenvalue weighted by Crippen LogP contribution is 2.31. The van der Waals surface area contributed by atoms with Gasteiger partial charge in [-0.3, -0.25) is 0 Å². The average Bonchev–Trinajstić information content (AvgIpc) is 2.73. The summed E-state index contributed by atoms with van der Waals surface area (Å²) in [7, 11) is 1.66. The first-order chi connectivity index (χ1) is 13.2. The molecule has 4 nitrogen and oxygen atoms in total. The van der Waals surface area contributed by atoms with Crippen LogP contribution in [0.1, 0.15) is 11.1 Å². The van der Waals surface area contributed by atoms with E-state index in [1.165, 1.54) is 0 Å². The smallest absolute Gasteiger partial charge is 0.163 e. The molecule has 134 valence electrons. The highest BCUT2D eigenvalue weighted by molar-refractivity contribution is 5.85. The Bertz CT molecular complexity index is 1060. The second-order valence-electron chi connectivity index (χ2n) is 6.39. The molecular weight excluding hydrogens is 336 g/mol. The number of ether oxygens (including phenoxy) is 2. The first-order valence-electron chi connectivity index (χ1n) is 8.81.